The van der Waals surface area contributed by atoms with E-state index < -0.39 is 12.2 Å². The number of amides is 1. The van der Waals surface area contributed by atoms with E-state index in [0.29, 0.717) is 30.9 Å². The highest BCUT2D eigenvalue weighted by Gasteiger charge is 2.47. The first-order valence-corrected chi connectivity index (χ1v) is 8.24. The van der Waals surface area contributed by atoms with E-state index in [-0.39, 0.29) is 18.5 Å². The SMILES string of the molecule is Cn1cc2c(n1)CN(c1cc3c(cc1F)N1C(=O)OC(CO)[C@@H]1C3)C2. The molecule has 3 aliphatic heterocycles. The Hall–Kier alpha value is -2.61. The van der Waals surface area contributed by atoms with Crippen LogP contribution in [0.3, 0.4) is 0 Å². The van der Waals surface area contributed by atoms with Gasteiger partial charge in [-0.3, -0.25) is 9.58 Å². The standard InChI is InChI=1S/C17H17FN4O3/c1-20-5-10-6-21(7-12(10)19-20)14-2-9-3-15-16(8-23)25-17(24)22(15)13(9)4-11(14)18/h2,4-5,15-16,23H,3,6-8H2,1H3/t15-,16?/m0/s1. The number of aliphatic hydroxyl groups is 1. The first-order valence-electron chi connectivity index (χ1n) is 8.24. The molecule has 0 spiro atoms. The minimum Gasteiger partial charge on any atom is -0.441 e. The van der Waals surface area contributed by atoms with Crippen molar-refractivity contribution in [3.63, 3.8) is 0 Å². The fourth-order valence-electron chi connectivity index (χ4n) is 4.14. The maximum Gasteiger partial charge on any atom is 0.415 e. The third-order valence-electron chi connectivity index (χ3n) is 5.26. The number of nitrogens with zero attached hydrogens (tertiary/aromatic N) is 4. The molecule has 1 fully saturated rings. The second-order valence-electron chi connectivity index (χ2n) is 6.81. The van der Waals surface area contributed by atoms with E-state index in [2.05, 4.69) is 5.10 Å². The number of rotatable bonds is 2. The van der Waals surface area contributed by atoms with E-state index in [1.54, 1.807) is 4.68 Å². The Morgan fingerprint density at radius 3 is 2.92 bits per heavy atom. The third kappa shape index (κ3) is 2.00. The number of hydrogen-bond donors (Lipinski definition) is 1. The molecular weight excluding hydrogens is 327 g/mol. The van der Waals surface area contributed by atoms with Crippen LogP contribution in [-0.4, -0.2) is 39.7 Å². The van der Waals surface area contributed by atoms with Crippen molar-refractivity contribution in [2.45, 2.75) is 31.7 Å². The summed E-state index contributed by atoms with van der Waals surface area (Å²) in [6.45, 7) is 0.956. The summed E-state index contributed by atoms with van der Waals surface area (Å²) in [5.74, 6) is -0.367. The lowest BCUT2D eigenvalue weighted by molar-refractivity contribution is 0.0830. The largest absolute Gasteiger partial charge is 0.441 e. The first-order chi connectivity index (χ1) is 12.0. The fraction of sp³-hybridized carbons (Fsp3) is 0.412. The zero-order chi connectivity index (χ0) is 17.3. The van der Waals surface area contributed by atoms with Crippen LogP contribution in [0.5, 0.6) is 0 Å². The molecule has 2 atom stereocenters. The number of ether oxygens (including phenoxy) is 1. The molecular formula is C17H17FN4O3. The van der Waals surface area contributed by atoms with Gasteiger partial charge in [-0.2, -0.15) is 5.10 Å². The van der Waals surface area contributed by atoms with Crippen LogP contribution in [0, 0.1) is 5.82 Å². The van der Waals surface area contributed by atoms with Crippen molar-refractivity contribution in [2.24, 2.45) is 7.05 Å². The molecule has 0 aliphatic carbocycles. The van der Waals surface area contributed by atoms with Gasteiger partial charge in [0.15, 0.2) is 0 Å². The first kappa shape index (κ1) is 14.7. The molecule has 1 N–H and O–H groups in total. The van der Waals surface area contributed by atoms with E-state index in [1.807, 2.05) is 24.2 Å². The molecule has 25 heavy (non-hydrogen) atoms. The number of halogens is 1. The molecule has 1 saturated heterocycles. The highest BCUT2D eigenvalue weighted by atomic mass is 19.1. The zero-order valence-electron chi connectivity index (χ0n) is 13.6. The summed E-state index contributed by atoms with van der Waals surface area (Å²) in [6.07, 6.45) is 1.43. The number of carbonyl (C=O) groups is 1. The summed E-state index contributed by atoms with van der Waals surface area (Å²) >= 11 is 0. The Morgan fingerprint density at radius 2 is 2.16 bits per heavy atom. The molecule has 7 nitrogen and oxygen atoms in total. The lowest BCUT2D eigenvalue weighted by Gasteiger charge is -2.20. The van der Waals surface area contributed by atoms with Crippen LogP contribution in [0.1, 0.15) is 16.8 Å². The number of fused-ring (bicyclic) bond motifs is 4. The summed E-state index contributed by atoms with van der Waals surface area (Å²) in [7, 11) is 1.88. The van der Waals surface area contributed by atoms with Crippen LogP contribution in [0.4, 0.5) is 20.6 Å². The number of benzene rings is 1. The third-order valence-corrected chi connectivity index (χ3v) is 5.26. The molecule has 0 radical (unpaired) electrons. The molecule has 8 heteroatoms. The van der Waals surface area contributed by atoms with Gasteiger partial charge in [-0.1, -0.05) is 0 Å². The Balaban J connectivity index is 1.49. The molecule has 2 aromatic rings. The second kappa shape index (κ2) is 4.95. The lowest BCUT2D eigenvalue weighted by atomic mass is 10.1. The minimum atomic E-state index is -0.562. The van der Waals surface area contributed by atoms with E-state index >= 15 is 0 Å². The van der Waals surface area contributed by atoms with Crippen LogP contribution in [-0.2, 0) is 31.3 Å². The molecule has 130 valence electrons. The molecule has 0 saturated carbocycles. The smallest absolute Gasteiger partial charge is 0.415 e. The van der Waals surface area contributed by atoms with Crippen LogP contribution in [0.15, 0.2) is 18.3 Å². The van der Waals surface area contributed by atoms with E-state index in [4.69, 9.17) is 4.74 Å². The summed E-state index contributed by atoms with van der Waals surface area (Å²) in [6, 6.07) is 2.96. The second-order valence-corrected chi connectivity index (χ2v) is 6.81. The summed E-state index contributed by atoms with van der Waals surface area (Å²) < 4.78 is 21.7. The van der Waals surface area contributed by atoms with Crippen molar-refractivity contribution in [1.29, 1.82) is 0 Å². The quantitative estimate of drug-likeness (QED) is 0.890. The Bertz CT molecular complexity index is 873. The molecule has 0 bridgehead atoms. The molecule has 1 unspecified atom stereocenters. The van der Waals surface area contributed by atoms with Gasteiger partial charge < -0.3 is 14.7 Å². The van der Waals surface area contributed by atoms with Gasteiger partial charge >= 0.3 is 6.09 Å². The molecule has 4 heterocycles. The summed E-state index contributed by atoms with van der Waals surface area (Å²) in [5, 5.41) is 13.8. The monoisotopic (exact) mass is 344 g/mol. The van der Waals surface area contributed by atoms with Crippen molar-refractivity contribution in [2.75, 3.05) is 16.4 Å². The van der Waals surface area contributed by atoms with Gasteiger partial charge in [-0.25, -0.2) is 9.18 Å². The minimum absolute atomic E-state index is 0.232. The molecule has 1 amide bonds. The highest BCUT2D eigenvalue weighted by molar-refractivity contribution is 5.94. The van der Waals surface area contributed by atoms with Crippen molar-refractivity contribution < 1.29 is 19.0 Å². The van der Waals surface area contributed by atoms with Crippen molar-refractivity contribution in [1.82, 2.24) is 9.78 Å². The maximum absolute atomic E-state index is 14.8. The fourth-order valence-corrected chi connectivity index (χ4v) is 4.14. The lowest BCUT2D eigenvalue weighted by Crippen LogP contribution is -2.34. The molecule has 1 aromatic carbocycles. The topological polar surface area (TPSA) is 70.8 Å². The Morgan fingerprint density at radius 1 is 1.32 bits per heavy atom. The number of carbonyl (C=O) groups excluding carboxylic acids is 1. The van der Waals surface area contributed by atoms with E-state index in [9.17, 15) is 14.3 Å². The van der Waals surface area contributed by atoms with Gasteiger partial charge in [0.25, 0.3) is 0 Å². The van der Waals surface area contributed by atoms with Crippen molar-refractivity contribution >= 4 is 17.5 Å². The average molecular weight is 344 g/mol. The number of aryl methyl sites for hydroxylation is 1. The van der Waals surface area contributed by atoms with Crippen molar-refractivity contribution in [3.05, 3.63) is 41.0 Å². The Labute approximate surface area is 143 Å². The number of aliphatic hydroxyl groups excluding tert-OH is 1. The van der Waals surface area contributed by atoms with Gasteiger partial charge in [0.2, 0.25) is 0 Å². The predicted molar refractivity (Wildman–Crippen MR) is 86.8 cm³/mol. The van der Waals surface area contributed by atoms with Crippen molar-refractivity contribution in [3.8, 4) is 0 Å². The number of hydrogen-bond acceptors (Lipinski definition) is 5. The molecule has 1 aromatic heterocycles. The Kier molecular flexibility index (Phi) is 2.91. The number of anilines is 2. The van der Waals surface area contributed by atoms with E-state index in [1.165, 1.54) is 11.0 Å². The maximum atomic E-state index is 14.8. The molecule has 5 rings (SSSR count). The van der Waals surface area contributed by atoms with Gasteiger partial charge in [0.05, 0.1) is 36.3 Å². The van der Waals surface area contributed by atoms with Gasteiger partial charge in [-0.05, 0) is 18.1 Å². The van der Waals surface area contributed by atoms with Crippen LogP contribution >= 0.6 is 0 Å². The normalized spacial score (nSPS) is 23.7. The zero-order valence-corrected chi connectivity index (χ0v) is 13.6. The van der Waals surface area contributed by atoms with Crippen LogP contribution in [0.25, 0.3) is 0 Å². The predicted octanol–water partition coefficient (Wildman–Crippen LogP) is 1.32. The van der Waals surface area contributed by atoms with Crippen LogP contribution < -0.4 is 9.80 Å². The number of cyclic esters (lactones) is 1. The summed E-state index contributed by atoms with van der Waals surface area (Å²) in [5.41, 5.74) is 4.04. The van der Waals surface area contributed by atoms with Gasteiger partial charge in [0, 0.05) is 31.4 Å². The van der Waals surface area contributed by atoms with Crippen LogP contribution in [0.2, 0.25) is 0 Å². The summed E-state index contributed by atoms with van der Waals surface area (Å²) in [4.78, 5) is 15.5. The average Bonchev–Trinajstić information content (AvgIpc) is 3.26. The number of aromatic nitrogens is 2. The van der Waals surface area contributed by atoms with E-state index in [0.717, 1.165) is 16.8 Å². The molecule has 3 aliphatic rings. The highest BCUT2D eigenvalue weighted by Crippen LogP contribution is 2.42. The van der Waals surface area contributed by atoms with Gasteiger partial charge in [-0.15, -0.1) is 0 Å². The van der Waals surface area contributed by atoms with Gasteiger partial charge in [0.1, 0.15) is 11.9 Å².